The molecule has 0 fully saturated rings. The number of carbonyl (C=O) groups excluding carboxylic acids is 2. The van der Waals surface area contributed by atoms with Crippen LogP contribution < -0.4 is 19.9 Å². The van der Waals surface area contributed by atoms with Crippen molar-refractivity contribution in [3.05, 3.63) is 59.7 Å². The molecule has 2 N–H and O–H groups in total. The van der Waals surface area contributed by atoms with Gasteiger partial charge in [0.15, 0.2) is 0 Å². The second kappa shape index (κ2) is 8.68. The molecule has 1 heterocycles. The first-order valence-corrected chi connectivity index (χ1v) is 9.19. The van der Waals surface area contributed by atoms with Crippen molar-refractivity contribution in [1.29, 1.82) is 0 Å². The molecular weight excluding hydrogens is 342 g/mol. The highest BCUT2D eigenvalue weighted by molar-refractivity contribution is 6.00. The van der Waals surface area contributed by atoms with Crippen LogP contribution in [-0.2, 0) is 22.7 Å². The van der Waals surface area contributed by atoms with Gasteiger partial charge in [0.25, 0.3) is 0 Å². The standard InChI is InChI=1S/C21H25N3O3/c1-23(2)14-17-8-4-3-7-16(17)13-22-20(25)15-24-18-9-5-6-10-19(18)27-12-11-21(24)26/h3-10H,11-15H2,1-2H3,(H,22,25)/p+1. The van der Waals surface area contributed by atoms with Gasteiger partial charge in [-0.25, -0.2) is 0 Å². The van der Waals surface area contributed by atoms with E-state index >= 15 is 0 Å². The normalized spacial score (nSPS) is 13.7. The minimum atomic E-state index is -0.188. The molecule has 6 heteroatoms. The van der Waals surface area contributed by atoms with E-state index < -0.39 is 0 Å². The molecule has 0 unspecified atom stereocenters. The Bertz CT molecular complexity index is 820. The van der Waals surface area contributed by atoms with E-state index in [0.717, 1.165) is 12.1 Å². The van der Waals surface area contributed by atoms with Crippen LogP contribution in [0.2, 0.25) is 0 Å². The molecule has 0 bridgehead atoms. The number of nitrogens with zero attached hydrogens (tertiary/aromatic N) is 1. The number of benzene rings is 2. The molecule has 2 aromatic rings. The number of hydrogen-bond donors (Lipinski definition) is 2. The number of rotatable bonds is 6. The third-order valence-corrected chi connectivity index (χ3v) is 4.47. The predicted molar refractivity (Wildman–Crippen MR) is 104 cm³/mol. The summed E-state index contributed by atoms with van der Waals surface area (Å²) >= 11 is 0. The topological polar surface area (TPSA) is 63.1 Å². The average Bonchev–Trinajstić information content (AvgIpc) is 2.80. The summed E-state index contributed by atoms with van der Waals surface area (Å²) < 4.78 is 5.62. The van der Waals surface area contributed by atoms with Crippen molar-refractivity contribution in [3.63, 3.8) is 0 Å². The van der Waals surface area contributed by atoms with Crippen molar-refractivity contribution in [3.8, 4) is 5.75 Å². The van der Waals surface area contributed by atoms with Crippen LogP contribution in [0.4, 0.5) is 5.69 Å². The van der Waals surface area contributed by atoms with E-state index in [0.29, 0.717) is 24.6 Å². The van der Waals surface area contributed by atoms with E-state index in [1.807, 2.05) is 36.4 Å². The maximum absolute atomic E-state index is 12.5. The number of para-hydroxylation sites is 2. The highest BCUT2D eigenvalue weighted by atomic mass is 16.5. The van der Waals surface area contributed by atoms with E-state index in [1.54, 1.807) is 6.07 Å². The Kier molecular flexibility index (Phi) is 6.08. The lowest BCUT2D eigenvalue weighted by Gasteiger charge is -2.21. The molecule has 0 saturated carbocycles. The van der Waals surface area contributed by atoms with Crippen molar-refractivity contribution in [2.75, 3.05) is 32.1 Å². The molecule has 2 amide bonds. The summed E-state index contributed by atoms with van der Waals surface area (Å²) in [6.07, 6.45) is 0.260. The van der Waals surface area contributed by atoms with Gasteiger partial charge >= 0.3 is 0 Å². The Morgan fingerprint density at radius 3 is 2.59 bits per heavy atom. The lowest BCUT2D eigenvalue weighted by Crippen LogP contribution is -3.04. The summed E-state index contributed by atoms with van der Waals surface area (Å²) in [5, 5.41) is 2.95. The first kappa shape index (κ1) is 18.9. The van der Waals surface area contributed by atoms with Gasteiger partial charge in [-0.15, -0.1) is 0 Å². The smallest absolute Gasteiger partial charge is 0.240 e. The van der Waals surface area contributed by atoms with Gasteiger partial charge in [0.1, 0.15) is 18.8 Å². The lowest BCUT2D eigenvalue weighted by atomic mass is 10.1. The summed E-state index contributed by atoms with van der Waals surface area (Å²) in [6, 6.07) is 15.4. The zero-order valence-electron chi connectivity index (χ0n) is 15.8. The number of anilines is 1. The number of carbonyl (C=O) groups is 2. The fourth-order valence-electron chi connectivity index (χ4n) is 3.17. The van der Waals surface area contributed by atoms with E-state index in [-0.39, 0.29) is 24.8 Å². The largest absolute Gasteiger partial charge is 0.491 e. The number of ether oxygens (including phenoxy) is 1. The van der Waals surface area contributed by atoms with Gasteiger partial charge < -0.3 is 15.0 Å². The van der Waals surface area contributed by atoms with Crippen molar-refractivity contribution in [1.82, 2.24) is 5.32 Å². The second-order valence-electron chi connectivity index (χ2n) is 6.98. The van der Waals surface area contributed by atoms with Crippen LogP contribution in [0.1, 0.15) is 17.5 Å². The first-order chi connectivity index (χ1) is 13.0. The summed E-state index contributed by atoms with van der Waals surface area (Å²) in [4.78, 5) is 27.8. The Labute approximate surface area is 159 Å². The minimum absolute atomic E-state index is 0.0136. The predicted octanol–water partition coefficient (Wildman–Crippen LogP) is 0.763. The molecular formula is C21H26N3O3+. The summed E-state index contributed by atoms with van der Waals surface area (Å²) in [5.74, 6) is 0.342. The molecule has 0 saturated heterocycles. The number of amides is 2. The zero-order chi connectivity index (χ0) is 19.2. The maximum Gasteiger partial charge on any atom is 0.240 e. The molecule has 0 spiro atoms. The van der Waals surface area contributed by atoms with Crippen LogP contribution in [-0.4, -0.2) is 39.1 Å². The average molecular weight is 368 g/mol. The molecule has 0 aliphatic carbocycles. The van der Waals surface area contributed by atoms with Gasteiger partial charge in [-0.3, -0.25) is 14.5 Å². The van der Waals surface area contributed by atoms with Crippen molar-refractivity contribution in [2.45, 2.75) is 19.5 Å². The molecule has 6 nitrogen and oxygen atoms in total. The van der Waals surface area contributed by atoms with Crippen LogP contribution in [0, 0.1) is 0 Å². The van der Waals surface area contributed by atoms with Gasteiger partial charge in [-0.05, 0) is 17.7 Å². The monoisotopic (exact) mass is 368 g/mol. The summed E-state index contributed by atoms with van der Waals surface area (Å²) in [6.45, 7) is 1.65. The molecule has 3 rings (SSSR count). The third kappa shape index (κ3) is 4.86. The third-order valence-electron chi connectivity index (χ3n) is 4.47. The van der Waals surface area contributed by atoms with Crippen LogP contribution in [0.25, 0.3) is 0 Å². The molecule has 142 valence electrons. The van der Waals surface area contributed by atoms with Crippen molar-refractivity contribution in [2.24, 2.45) is 0 Å². The lowest BCUT2D eigenvalue weighted by molar-refractivity contribution is -0.872. The Balaban J connectivity index is 1.67. The Morgan fingerprint density at radius 2 is 1.81 bits per heavy atom. The quantitative estimate of drug-likeness (QED) is 0.792. The SMILES string of the molecule is C[NH+](C)Cc1ccccc1CNC(=O)CN1C(=O)CCOc2ccccc21. The van der Waals surface area contributed by atoms with Crippen molar-refractivity contribution >= 4 is 17.5 Å². The molecule has 1 aliphatic rings. The molecule has 27 heavy (non-hydrogen) atoms. The molecule has 0 radical (unpaired) electrons. The minimum Gasteiger partial charge on any atom is -0.491 e. The number of nitrogens with one attached hydrogen (secondary N) is 2. The van der Waals surface area contributed by atoms with Crippen LogP contribution in [0.15, 0.2) is 48.5 Å². The summed E-state index contributed by atoms with van der Waals surface area (Å²) in [5.41, 5.74) is 2.95. The Morgan fingerprint density at radius 1 is 1.11 bits per heavy atom. The zero-order valence-corrected chi connectivity index (χ0v) is 15.8. The highest BCUT2D eigenvalue weighted by Gasteiger charge is 2.24. The number of quaternary nitrogens is 1. The van der Waals surface area contributed by atoms with Crippen LogP contribution in [0.3, 0.4) is 0 Å². The Hall–Kier alpha value is -2.86. The van der Waals surface area contributed by atoms with E-state index in [1.165, 1.54) is 15.4 Å². The van der Waals surface area contributed by atoms with Gasteiger partial charge in [0.2, 0.25) is 11.8 Å². The fraction of sp³-hybridized carbons (Fsp3) is 0.333. The van der Waals surface area contributed by atoms with Crippen LogP contribution in [0.5, 0.6) is 5.75 Å². The molecule has 1 aliphatic heterocycles. The molecule has 0 aromatic heterocycles. The second-order valence-corrected chi connectivity index (χ2v) is 6.98. The highest BCUT2D eigenvalue weighted by Crippen LogP contribution is 2.30. The van der Waals surface area contributed by atoms with E-state index in [4.69, 9.17) is 4.74 Å². The first-order valence-electron chi connectivity index (χ1n) is 9.19. The van der Waals surface area contributed by atoms with Crippen LogP contribution >= 0.6 is 0 Å². The van der Waals surface area contributed by atoms with Gasteiger partial charge in [-0.2, -0.15) is 0 Å². The number of hydrogen-bond acceptors (Lipinski definition) is 3. The number of fused-ring (bicyclic) bond motifs is 1. The van der Waals surface area contributed by atoms with Gasteiger partial charge in [-0.1, -0.05) is 36.4 Å². The molecule has 0 atom stereocenters. The van der Waals surface area contributed by atoms with Gasteiger partial charge in [0.05, 0.1) is 32.8 Å². The van der Waals surface area contributed by atoms with E-state index in [9.17, 15) is 9.59 Å². The summed E-state index contributed by atoms with van der Waals surface area (Å²) in [7, 11) is 4.19. The van der Waals surface area contributed by atoms with E-state index in [2.05, 4.69) is 25.5 Å². The molecule has 2 aromatic carbocycles. The maximum atomic E-state index is 12.5. The fourth-order valence-corrected chi connectivity index (χ4v) is 3.17. The van der Waals surface area contributed by atoms with Crippen molar-refractivity contribution < 1.29 is 19.2 Å². The van der Waals surface area contributed by atoms with Gasteiger partial charge in [0, 0.05) is 12.1 Å².